The molecule has 2 saturated heterocycles. The van der Waals surface area contributed by atoms with Crippen LogP contribution in [0.3, 0.4) is 0 Å². The van der Waals surface area contributed by atoms with E-state index in [4.69, 9.17) is 0 Å². The summed E-state index contributed by atoms with van der Waals surface area (Å²) in [5, 5.41) is 3.13. The second-order valence-electron chi connectivity index (χ2n) is 7.31. The number of likely N-dealkylation sites (tertiary alicyclic amines) is 1. The Morgan fingerprint density at radius 2 is 1.63 bits per heavy atom. The van der Waals surface area contributed by atoms with Crippen LogP contribution in [0.2, 0.25) is 0 Å². The van der Waals surface area contributed by atoms with Crippen LogP contribution in [0.4, 0.5) is 0 Å². The number of piperidine rings is 2. The molecule has 1 amide bonds. The van der Waals surface area contributed by atoms with Gasteiger partial charge in [-0.05, 0) is 38.8 Å². The molecule has 1 N–H and O–H groups in total. The van der Waals surface area contributed by atoms with Gasteiger partial charge in [-0.1, -0.05) is 30.3 Å². The normalized spacial score (nSPS) is 20.6. The zero-order valence-electron chi connectivity index (χ0n) is 15.5. The molecule has 2 aliphatic rings. The molecule has 2 heterocycles. The van der Waals surface area contributed by atoms with Crippen molar-refractivity contribution in [3.63, 3.8) is 0 Å². The number of nitrogens with zero attached hydrogens (tertiary/aromatic N) is 1. The van der Waals surface area contributed by atoms with Crippen LogP contribution >= 0.6 is 12.4 Å². The van der Waals surface area contributed by atoms with Crippen molar-refractivity contribution < 1.29 is 18.0 Å². The van der Waals surface area contributed by atoms with Crippen molar-refractivity contribution in [1.29, 1.82) is 0 Å². The van der Waals surface area contributed by atoms with Crippen molar-refractivity contribution in [3.05, 3.63) is 35.9 Å². The van der Waals surface area contributed by atoms with Gasteiger partial charge in [0.05, 0.1) is 0 Å². The Morgan fingerprint density at radius 3 is 2.15 bits per heavy atom. The molecule has 0 atom stereocenters. The molecule has 27 heavy (non-hydrogen) atoms. The van der Waals surface area contributed by atoms with E-state index in [1.807, 2.05) is 30.3 Å². The van der Waals surface area contributed by atoms with Gasteiger partial charge in [0.1, 0.15) is 0 Å². The summed E-state index contributed by atoms with van der Waals surface area (Å²) in [6.45, 7) is 1.93. The topological polar surface area (TPSA) is 83.6 Å². The van der Waals surface area contributed by atoms with Crippen LogP contribution in [0.15, 0.2) is 30.3 Å². The molecule has 1 aromatic rings. The van der Waals surface area contributed by atoms with Gasteiger partial charge in [0.15, 0.2) is 20.4 Å². The van der Waals surface area contributed by atoms with Crippen LogP contribution in [0, 0.1) is 5.92 Å². The van der Waals surface area contributed by atoms with Crippen molar-refractivity contribution >= 4 is 33.9 Å². The highest BCUT2D eigenvalue weighted by Crippen LogP contribution is 2.32. The molecular formula is C19H27ClN2O4S. The quantitative estimate of drug-likeness (QED) is 0.758. The highest BCUT2D eigenvalue weighted by molar-refractivity contribution is 7.92. The lowest BCUT2D eigenvalue weighted by Crippen LogP contribution is -2.59. The summed E-state index contributed by atoms with van der Waals surface area (Å²) < 4.78 is 23.5. The van der Waals surface area contributed by atoms with E-state index < -0.39 is 14.6 Å². The fraction of sp³-hybridized carbons (Fsp3) is 0.579. The Bertz CT molecular complexity index is 768. The Labute approximate surface area is 167 Å². The van der Waals surface area contributed by atoms with Crippen molar-refractivity contribution in [2.45, 2.75) is 30.4 Å². The summed E-state index contributed by atoms with van der Waals surface area (Å²) in [6.07, 6.45) is 2.96. The minimum Gasteiger partial charge on any atom is -0.341 e. The van der Waals surface area contributed by atoms with E-state index in [1.165, 1.54) is 6.26 Å². The van der Waals surface area contributed by atoms with E-state index in [9.17, 15) is 18.0 Å². The maximum absolute atomic E-state index is 13.1. The second-order valence-corrected chi connectivity index (χ2v) is 9.64. The summed E-state index contributed by atoms with van der Waals surface area (Å²) in [5.74, 6) is -0.284. The van der Waals surface area contributed by atoms with Gasteiger partial charge in [0.25, 0.3) is 0 Å². The van der Waals surface area contributed by atoms with Crippen molar-refractivity contribution in [2.75, 3.05) is 32.4 Å². The number of nitrogens with one attached hydrogen (secondary N) is 1. The minimum absolute atomic E-state index is 0. The van der Waals surface area contributed by atoms with Crippen LogP contribution in [-0.2, 0) is 14.6 Å². The Morgan fingerprint density at radius 1 is 1.07 bits per heavy atom. The molecule has 1 aromatic carbocycles. The molecule has 6 nitrogen and oxygen atoms in total. The molecule has 0 bridgehead atoms. The molecule has 0 saturated carbocycles. The van der Waals surface area contributed by atoms with E-state index in [0.29, 0.717) is 57.4 Å². The van der Waals surface area contributed by atoms with Gasteiger partial charge >= 0.3 is 0 Å². The SMILES string of the molecule is CS(=O)(=O)C1(C(=O)N2CCC(C(=O)c3ccccc3)CC2)CCNCC1.Cl. The number of Topliss-reactive ketones (excluding diaryl/α,β-unsaturated/α-hetero) is 1. The average molecular weight is 415 g/mol. The van der Waals surface area contributed by atoms with Gasteiger partial charge in [-0.25, -0.2) is 8.42 Å². The van der Waals surface area contributed by atoms with Crippen LogP contribution < -0.4 is 5.32 Å². The fourth-order valence-electron chi connectivity index (χ4n) is 4.04. The van der Waals surface area contributed by atoms with Crippen molar-refractivity contribution in [3.8, 4) is 0 Å². The first-order valence-corrected chi connectivity index (χ1v) is 11.0. The van der Waals surface area contributed by atoms with Crippen molar-refractivity contribution in [2.24, 2.45) is 5.92 Å². The summed E-state index contributed by atoms with van der Waals surface area (Å²) in [7, 11) is -3.51. The third kappa shape index (κ3) is 4.36. The molecule has 0 spiro atoms. The maximum atomic E-state index is 13.1. The number of carbonyl (C=O) groups is 2. The number of carbonyl (C=O) groups excluding carboxylic acids is 2. The maximum Gasteiger partial charge on any atom is 0.244 e. The lowest BCUT2D eigenvalue weighted by atomic mass is 9.87. The number of amides is 1. The van der Waals surface area contributed by atoms with E-state index >= 15 is 0 Å². The molecule has 2 aliphatic heterocycles. The minimum atomic E-state index is -3.51. The van der Waals surface area contributed by atoms with Gasteiger partial charge in [-0.3, -0.25) is 9.59 Å². The second kappa shape index (κ2) is 8.71. The Hall–Kier alpha value is -1.44. The molecule has 0 radical (unpaired) electrons. The van der Waals surface area contributed by atoms with Gasteiger partial charge in [0, 0.05) is 30.8 Å². The molecule has 3 rings (SSSR count). The van der Waals surface area contributed by atoms with Gasteiger partial charge in [-0.2, -0.15) is 0 Å². The van der Waals surface area contributed by atoms with E-state index in [2.05, 4.69) is 5.32 Å². The zero-order valence-corrected chi connectivity index (χ0v) is 17.2. The highest BCUT2D eigenvalue weighted by Gasteiger charge is 2.50. The molecule has 0 aromatic heterocycles. The molecule has 150 valence electrons. The highest BCUT2D eigenvalue weighted by atomic mass is 35.5. The number of rotatable bonds is 4. The van der Waals surface area contributed by atoms with Crippen LogP contribution in [0.1, 0.15) is 36.0 Å². The van der Waals surface area contributed by atoms with Crippen LogP contribution in [-0.4, -0.2) is 62.2 Å². The summed E-state index contributed by atoms with van der Waals surface area (Å²) in [5.41, 5.74) is 0.697. The number of benzene rings is 1. The zero-order chi connectivity index (χ0) is 18.8. The number of sulfone groups is 1. The molecule has 8 heteroatoms. The first-order valence-electron chi connectivity index (χ1n) is 9.14. The average Bonchev–Trinajstić information content (AvgIpc) is 2.67. The summed E-state index contributed by atoms with van der Waals surface area (Å²) in [6, 6.07) is 9.19. The predicted octanol–water partition coefficient (Wildman–Crippen LogP) is 1.70. The number of hydrogen-bond donors (Lipinski definition) is 1. The lowest BCUT2D eigenvalue weighted by molar-refractivity contribution is -0.136. The fourth-order valence-corrected chi connectivity index (χ4v) is 5.44. The molecular weight excluding hydrogens is 388 g/mol. The third-order valence-electron chi connectivity index (χ3n) is 5.72. The van der Waals surface area contributed by atoms with Crippen LogP contribution in [0.5, 0.6) is 0 Å². The molecule has 2 fully saturated rings. The third-order valence-corrected chi connectivity index (χ3v) is 7.72. The van der Waals surface area contributed by atoms with Gasteiger partial charge in [0.2, 0.25) is 5.91 Å². The van der Waals surface area contributed by atoms with E-state index in [0.717, 1.165) is 0 Å². The molecule has 0 unspecified atom stereocenters. The molecule has 0 aliphatic carbocycles. The van der Waals surface area contributed by atoms with Gasteiger partial charge in [-0.15, -0.1) is 12.4 Å². The van der Waals surface area contributed by atoms with Crippen molar-refractivity contribution in [1.82, 2.24) is 10.2 Å². The predicted molar refractivity (Wildman–Crippen MR) is 107 cm³/mol. The van der Waals surface area contributed by atoms with E-state index in [1.54, 1.807) is 4.90 Å². The van der Waals surface area contributed by atoms with Crippen LogP contribution in [0.25, 0.3) is 0 Å². The first-order chi connectivity index (χ1) is 12.3. The van der Waals surface area contributed by atoms with E-state index in [-0.39, 0.29) is 30.0 Å². The van der Waals surface area contributed by atoms with Gasteiger partial charge < -0.3 is 10.2 Å². The largest absolute Gasteiger partial charge is 0.341 e. The summed E-state index contributed by atoms with van der Waals surface area (Å²) >= 11 is 0. The standard InChI is InChI=1S/C19H26N2O4S.ClH/c1-26(24,25)19(9-11-20-12-10-19)18(23)21-13-7-16(8-14-21)17(22)15-5-3-2-4-6-15;/h2-6,16,20H,7-14H2,1H3;1H. The Balaban J connectivity index is 0.00000261. The smallest absolute Gasteiger partial charge is 0.244 e. The number of halogens is 1. The number of ketones is 1. The Kier molecular flexibility index (Phi) is 7.05. The monoisotopic (exact) mass is 414 g/mol. The first kappa shape index (κ1) is 21.9. The number of hydrogen-bond acceptors (Lipinski definition) is 5. The summed E-state index contributed by atoms with van der Waals surface area (Å²) in [4.78, 5) is 27.3. The lowest BCUT2D eigenvalue weighted by Gasteiger charge is -2.40.